The van der Waals surface area contributed by atoms with Gasteiger partial charge in [-0.3, -0.25) is 4.79 Å². The molecule has 138 valence electrons. The SMILES string of the molecule is N#C[C@@H]1CCCN1C(=O)[C@@H]1Cc2ccc(OCc3ccccc3)cc2CN1. The second-order valence-corrected chi connectivity index (χ2v) is 7.16. The van der Waals surface area contributed by atoms with Crippen LogP contribution >= 0.6 is 0 Å². The van der Waals surface area contributed by atoms with E-state index in [1.54, 1.807) is 4.90 Å². The van der Waals surface area contributed by atoms with E-state index in [2.05, 4.69) is 23.5 Å². The lowest BCUT2D eigenvalue weighted by atomic mass is 9.94. The van der Waals surface area contributed by atoms with Crippen molar-refractivity contribution in [3.05, 3.63) is 65.2 Å². The molecule has 2 aliphatic heterocycles. The van der Waals surface area contributed by atoms with Crippen LogP contribution in [0.15, 0.2) is 48.5 Å². The topological polar surface area (TPSA) is 65.4 Å². The lowest BCUT2D eigenvalue weighted by molar-refractivity contribution is -0.133. The predicted octanol–water partition coefficient (Wildman–Crippen LogP) is 2.79. The summed E-state index contributed by atoms with van der Waals surface area (Å²) in [6.45, 7) is 1.87. The van der Waals surface area contributed by atoms with Crippen molar-refractivity contribution in [1.82, 2.24) is 10.2 Å². The van der Waals surface area contributed by atoms with Crippen molar-refractivity contribution in [1.29, 1.82) is 5.26 Å². The maximum atomic E-state index is 12.8. The summed E-state index contributed by atoms with van der Waals surface area (Å²) in [5.41, 5.74) is 3.48. The van der Waals surface area contributed by atoms with Crippen molar-refractivity contribution in [3.63, 3.8) is 0 Å². The van der Waals surface area contributed by atoms with Crippen molar-refractivity contribution in [3.8, 4) is 11.8 Å². The molecule has 0 unspecified atom stereocenters. The maximum absolute atomic E-state index is 12.8. The first kappa shape index (κ1) is 17.6. The van der Waals surface area contributed by atoms with E-state index in [1.807, 2.05) is 36.4 Å². The summed E-state index contributed by atoms with van der Waals surface area (Å²) in [6.07, 6.45) is 2.35. The Balaban J connectivity index is 1.40. The Morgan fingerprint density at radius 1 is 1.22 bits per heavy atom. The highest BCUT2D eigenvalue weighted by Gasteiger charge is 2.34. The first-order valence-corrected chi connectivity index (χ1v) is 9.46. The van der Waals surface area contributed by atoms with Crippen molar-refractivity contribution in [2.45, 2.75) is 44.5 Å². The van der Waals surface area contributed by atoms with Gasteiger partial charge in [0.05, 0.1) is 12.1 Å². The Hall–Kier alpha value is -2.84. The van der Waals surface area contributed by atoms with Gasteiger partial charge in [0.15, 0.2) is 0 Å². The van der Waals surface area contributed by atoms with Gasteiger partial charge in [0.1, 0.15) is 18.4 Å². The summed E-state index contributed by atoms with van der Waals surface area (Å²) in [4.78, 5) is 14.5. The smallest absolute Gasteiger partial charge is 0.241 e. The van der Waals surface area contributed by atoms with E-state index in [0.29, 0.717) is 26.1 Å². The van der Waals surface area contributed by atoms with Crippen LogP contribution in [-0.2, 0) is 24.4 Å². The minimum absolute atomic E-state index is 0.0501. The summed E-state index contributed by atoms with van der Waals surface area (Å²) in [7, 11) is 0. The molecule has 1 fully saturated rings. The number of nitrogens with one attached hydrogen (secondary N) is 1. The summed E-state index contributed by atoms with van der Waals surface area (Å²) >= 11 is 0. The van der Waals surface area contributed by atoms with E-state index in [9.17, 15) is 10.1 Å². The molecule has 0 radical (unpaired) electrons. The minimum Gasteiger partial charge on any atom is -0.489 e. The van der Waals surface area contributed by atoms with Gasteiger partial charge in [-0.05, 0) is 48.1 Å². The molecule has 5 heteroatoms. The molecule has 1 N–H and O–H groups in total. The summed E-state index contributed by atoms with van der Waals surface area (Å²) < 4.78 is 5.90. The number of hydrogen-bond acceptors (Lipinski definition) is 4. The highest BCUT2D eigenvalue weighted by Crippen LogP contribution is 2.25. The number of fused-ring (bicyclic) bond motifs is 1. The van der Waals surface area contributed by atoms with Crippen LogP contribution < -0.4 is 10.1 Å². The first-order chi connectivity index (χ1) is 13.2. The Morgan fingerprint density at radius 3 is 2.89 bits per heavy atom. The molecule has 0 saturated carbocycles. The Bertz CT molecular complexity index is 860. The number of nitrogens with zero attached hydrogens (tertiary/aromatic N) is 2. The van der Waals surface area contributed by atoms with Gasteiger partial charge in [-0.2, -0.15) is 5.26 Å². The third-order valence-electron chi connectivity index (χ3n) is 5.37. The van der Waals surface area contributed by atoms with Crippen LogP contribution in [0.25, 0.3) is 0 Å². The molecule has 2 heterocycles. The normalized spacial score (nSPS) is 21.4. The molecule has 0 aliphatic carbocycles. The molecule has 2 aromatic rings. The van der Waals surface area contributed by atoms with Crippen molar-refractivity contribution >= 4 is 5.91 Å². The number of ether oxygens (including phenoxy) is 1. The molecule has 2 atom stereocenters. The van der Waals surface area contributed by atoms with Crippen LogP contribution in [0.2, 0.25) is 0 Å². The van der Waals surface area contributed by atoms with Crippen LogP contribution in [-0.4, -0.2) is 29.4 Å². The highest BCUT2D eigenvalue weighted by atomic mass is 16.5. The molecule has 0 bridgehead atoms. The quantitative estimate of drug-likeness (QED) is 0.909. The van der Waals surface area contributed by atoms with Crippen LogP contribution in [0.5, 0.6) is 5.75 Å². The Morgan fingerprint density at radius 2 is 2.07 bits per heavy atom. The van der Waals surface area contributed by atoms with E-state index >= 15 is 0 Å². The molecule has 1 saturated heterocycles. The fourth-order valence-electron chi connectivity index (χ4n) is 3.86. The second-order valence-electron chi connectivity index (χ2n) is 7.16. The van der Waals surface area contributed by atoms with Crippen molar-refractivity contribution in [2.24, 2.45) is 0 Å². The number of benzene rings is 2. The van der Waals surface area contributed by atoms with E-state index < -0.39 is 0 Å². The van der Waals surface area contributed by atoms with Gasteiger partial charge in [-0.15, -0.1) is 0 Å². The molecular weight excluding hydrogens is 338 g/mol. The van der Waals surface area contributed by atoms with E-state index in [-0.39, 0.29) is 18.0 Å². The number of amides is 1. The van der Waals surface area contributed by atoms with Crippen LogP contribution in [0.3, 0.4) is 0 Å². The summed E-state index contributed by atoms with van der Waals surface area (Å²) in [5.74, 6) is 0.891. The van der Waals surface area contributed by atoms with Gasteiger partial charge in [0.25, 0.3) is 0 Å². The van der Waals surface area contributed by atoms with Gasteiger partial charge in [-0.25, -0.2) is 0 Å². The lowest BCUT2D eigenvalue weighted by Gasteiger charge is -2.30. The summed E-state index contributed by atoms with van der Waals surface area (Å²) in [6, 6.07) is 17.9. The minimum atomic E-state index is -0.269. The fourth-order valence-corrected chi connectivity index (χ4v) is 3.86. The van der Waals surface area contributed by atoms with E-state index in [0.717, 1.165) is 24.2 Å². The average Bonchev–Trinajstić information content (AvgIpc) is 3.21. The number of rotatable bonds is 4. The number of carbonyl (C=O) groups excluding carboxylic acids is 1. The third-order valence-corrected chi connectivity index (χ3v) is 5.37. The van der Waals surface area contributed by atoms with E-state index in [1.165, 1.54) is 11.1 Å². The zero-order valence-electron chi connectivity index (χ0n) is 15.2. The van der Waals surface area contributed by atoms with Crippen LogP contribution in [0, 0.1) is 11.3 Å². The van der Waals surface area contributed by atoms with Crippen molar-refractivity contribution in [2.75, 3.05) is 6.54 Å². The molecule has 27 heavy (non-hydrogen) atoms. The number of hydrogen-bond donors (Lipinski definition) is 1. The zero-order chi connectivity index (χ0) is 18.6. The highest BCUT2D eigenvalue weighted by molar-refractivity contribution is 5.83. The van der Waals surface area contributed by atoms with Gasteiger partial charge in [-0.1, -0.05) is 36.4 Å². The molecule has 1 amide bonds. The van der Waals surface area contributed by atoms with E-state index in [4.69, 9.17) is 4.74 Å². The predicted molar refractivity (Wildman–Crippen MR) is 102 cm³/mol. The second kappa shape index (κ2) is 7.81. The Kier molecular flexibility index (Phi) is 5.08. The van der Waals surface area contributed by atoms with Crippen LogP contribution in [0.1, 0.15) is 29.5 Å². The van der Waals surface area contributed by atoms with Gasteiger partial charge in [0.2, 0.25) is 5.91 Å². The third kappa shape index (κ3) is 3.81. The Labute approximate surface area is 159 Å². The molecular formula is C22H23N3O2. The molecule has 2 aliphatic rings. The fraction of sp³-hybridized carbons (Fsp3) is 0.364. The maximum Gasteiger partial charge on any atom is 0.241 e. The average molecular weight is 361 g/mol. The standard InChI is InChI=1S/C22H23N3O2/c23-13-19-7-4-10-25(19)22(26)21-12-17-8-9-20(11-18(17)14-24-21)27-15-16-5-2-1-3-6-16/h1-3,5-6,8-9,11,19,21,24H,4,7,10,12,14-15H2/t19-,21-/m0/s1. The molecule has 0 spiro atoms. The molecule has 5 nitrogen and oxygen atoms in total. The van der Waals surface area contributed by atoms with Crippen molar-refractivity contribution < 1.29 is 9.53 Å². The monoisotopic (exact) mass is 361 g/mol. The molecule has 2 aromatic carbocycles. The zero-order valence-corrected chi connectivity index (χ0v) is 15.2. The first-order valence-electron chi connectivity index (χ1n) is 9.46. The van der Waals surface area contributed by atoms with Gasteiger partial charge in [0, 0.05) is 13.1 Å². The number of likely N-dealkylation sites (tertiary alicyclic amines) is 1. The molecule has 0 aromatic heterocycles. The summed E-state index contributed by atoms with van der Waals surface area (Å²) in [5, 5.41) is 12.6. The molecule has 4 rings (SSSR count). The largest absolute Gasteiger partial charge is 0.489 e. The van der Waals surface area contributed by atoms with Crippen LogP contribution in [0.4, 0.5) is 0 Å². The van der Waals surface area contributed by atoms with Gasteiger partial charge < -0.3 is 15.0 Å². The number of carbonyl (C=O) groups is 1. The lowest BCUT2D eigenvalue weighted by Crippen LogP contribution is -2.50. The van der Waals surface area contributed by atoms with Gasteiger partial charge >= 0.3 is 0 Å². The number of nitriles is 1.